The molecule has 0 unspecified atom stereocenters. The van der Waals surface area contributed by atoms with Gasteiger partial charge in [-0.2, -0.15) is 0 Å². The summed E-state index contributed by atoms with van der Waals surface area (Å²) in [5.41, 5.74) is 5.70. The number of benzene rings is 2. The highest BCUT2D eigenvalue weighted by atomic mass is 79.9. The number of nitrogens with zero attached hydrogens (tertiary/aromatic N) is 2. The van der Waals surface area contributed by atoms with E-state index in [0.717, 1.165) is 30.0 Å². The van der Waals surface area contributed by atoms with E-state index in [1.807, 2.05) is 6.07 Å². The number of halogens is 2. The summed E-state index contributed by atoms with van der Waals surface area (Å²) in [5, 5.41) is 0. The van der Waals surface area contributed by atoms with Crippen molar-refractivity contribution in [3.63, 3.8) is 0 Å². The number of rotatable bonds is 3. The third kappa shape index (κ3) is 3.08. The lowest BCUT2D eigenvalue weighted by Crippen LogP contribution is -1.93. The van der Waals surface area contributed by atoms with Gasteiger partial charge in [-0.05, 0) is 56.1 Å². The van der Waals surface area contributed by atoms with E-state index in [0.29, 0.717) is 0 Å². The van der Waals surface area contributed by atoms with Crippen LogP contribution in [0.15, 0.2) is 74.3 Å². The number of hydrogen-bond donors (Lipinski definition) is 0. The van der Waals surface area contributed by atoms with Crippen molar-refractivity contribution in [1.82, 2.24) is 9.55 Å². The van der Waals surface area contributed by atoms with Crippen molar-refractivity contribution in [3.05, 3.63) is 74.3 Å². The Morgan fingerprint density at radius 3 is 1.96 bits per heavy atom. The van der Waals surface area contributed by atoms with E-state index < -0.39 is 0 Å². The maximum atomic E-state index is 5.11. The van der Waals surface area contributed by atoms with Crippen molar-refractivity contribution in [2.24, 2.45) is 7.05 Å². The summed E-state index contributed by atoms with van der Waals surface area (Å²) >= 11 is 10.7. The molecule has 5 aromatic rings. The zero-order chi connectivity index (χ0) is 19.3. The Morgan fingerprint density at radius 2 is 1.36 bits per heavy atom. The van der Waals surface area contributed by atoms with Crippen LogP contribution in [0.2, 0.25) is 0 Å². The second-order valence-electron chi connectivity index (χ2n) is 6.43. The van der Waals surface area contributed by atoms with E-state index in [4.69, 9.17) is 4.98 Å². The van der Waals surface area contributed by atoms with Crippen molar-refractivity contribution in [3.8, 4) is 32.3 Å². The predicted octanol–water partition coefficient (Wildman–Crippen LogP) is 8.22. The van der Waals surface area contributed by atoms with Gasteiger partial charge in [0.25, 0.3) is 0 Å². The van der Waals surface area contributed by atoms with Crippen LogP contribution in [0.5, 0.6) is 0 Å². The fourth-order valence-corrected chi connectivity index (χ4v) is 6.30. The van der Waals surface area contributed by atoms with E-state index in [1.165, 1.54) is 20.9 Å². The molecule has 0 aliphatic rings. The van der Waals surface area contributed by atoms with Crippen LogP contribution in [0.3, 0.4) is 0 Å². The van der Waals surface area contributed by atoms with Gasteiger partial charge >= 0.3 is 0 Å². The predicted molar refractivity (Wildman–Crippen MR) is 128 cm³/mol. The first-order chi connectivity index (χ1) is 13.6. The SMILES string of the molecule is Cn1c(-c2ccccc2)nc2c(-c3ccc(Br)s3)ccc(-c3ccc(Br)s3)c21. The Kier molecular flexibility index (Phi) is 4.75. The molecule has 28 heavy (non-hydrogen) atoms. The Balaban J connectivity index is 1.84. The first-order valence-corrected chi connectivity index (χ1v) is 11.9. The van der Waals surface area contributed by atoms with Gasteiger partial charge in [0.1, 0.15) is 5.82 Å². The third-order valence-electron chi connectivity index (χ3n) is 4.73. The highest BCUT2D eigenvalue weighted by Crippen LogP contribution is 2.42. The molecule has 0 aliphatic carbocycles. The molecule has 2 nitrogen and oxygen atoms in total. The van der Waals surface area contributed by atoms with Crippen LogP contribution in [0.1, 0.15) is 0 Å². The molecule has 0 fully saturated rings. The Bertz CT molecular complexity index is 1300. The Labute approximate surface area is 187 Å². The second-order valence-corrected chi connectivity index (χ2v) is 11.4. The van der Waals surface area contributed by atoms with Crippen LogP contribution in [0, 0.1) is 0 Å². The van der Waals surface area contributed by atoms with Crippen LogP contribution < -0.4 is 0 Å². The fourth-order valence-electron chi connectivity index (χ4n) is 3.48. The van der Waals surface area contributed by atoms with Crippen LogP contribution in [0.4, 0.5) is 0 Å². The van der Waals surface area contributed by atoms with Gasteiger partial charge in [-0.3, -0.25) is 0 Å². The van der Waals surface area contributed by atoms with E-state index in [9.17, 15) is 0 Å². The van der Waals surface area contributed by atoms with Crippen LogP contribution in [-0.4, -0.2) is 9.55 Å². The molecule has 0 saturated heterocycles. The number of imidazole rings is 1. The summed E-state index contributed by atoms with van der Waals surface area (Å²) in [6.07, 6.45) is 0. The topological polar surface area (TPSA) is 17.8 Å². The lowest BCUT2D eigenvalue weighted by Gasteiger charge is -2.08. The number of aryl methyl sites for hydroxylation is 1. The van der Waals surface area contributed by atoms with Crippen molar-refractivity contribution in [2.75, 3.05) is 0 Å². The number of thiophene rings is 2. The third-order valence-corrected chi connectivity index (χ3v) is 8.05. The molecule has 0 atom stereocenters. The molecule has 3 aromatic heterocycles. The molecular formula is C22H14Br2N2S2. The second kappa shape index (κ2) is 7.26. The zero-order valence-electron chi connectivity index (χ0n) is 14.8. The van der Waals surface area contributed by atoms with Crippen molar-refractivity contribution in [2.45, 2.75) is 0 Å². The molecular weight excluding hydrogens is 516 g/mol. The molecule has 5 rings (SSSR count). The van der Waals surface area contributed by atoms with Gasteiger partial charge in [0.15, 0.2) is 0 Å². The lowest BCUT2D eigenvalue weighted by atomic mass is 10.1. The van der Waals surface area contributed by atoms with Crippen LogP contribution in [-0.2, 0) is 7.05 Å². The van der Waals surface area contributed by atoms with E-state index >= 15 is 0 Å². The largest absolute Gasteiger partial charge is 0.327 e. The molecule has 0 radical (unpaired) electrons. The van der Waals surface area contributed by atoms with Gasteiger partial charge < -0.3 is 4.57 Å². The standard InChI is InChI=1S/C22H14Br2N2S2/c1-26-21-15(17-10-12-19(24)28-17)8-7-14(16-9-11-18(23)27-16)20(21)25-22(26)13-5-3-2-4-6-13/h2-12H,1H3. The summed E-state index contributed by atoms with van der Waals surface area (Å²) in [5.74, 6) is 0.982. The molecule has 138 valence electrons. The van der Waals surface area contributed by atoms with Gasteiger partial charge in [0.2, 0.25) is 0 Å². The number of hydrogen-bond acceptors (Lipinski definition) is 3. The molecule has 0 saturated carbocycles. The van der Waals surface area contributed by atoms with Crippen LogP contribution in [0.25, 0.3) is 43.3 Å². The summed E-state index contributed by atoms with van der Waals surface area (Å²) in [4.78, 5) is 7.56. The van der Waals surface area contributed by atoms with Crippen LogP contribution >= 0.6 is 54.5 Å². The van der Waals surface area contributed by atoms with E-state index in [2.05, 4.69) is 104 Å². The molecule has 0 aliphatic heterocycles. The van der Waals surface area contributed by atoms with Crippen molar-refractivity contribution in [1.29, 1.82) is 0 Å². The summed E-state index contributed by atoms with van der Waals surface area (Å²) in [7, 11) is 2.11. The Hall–Kier alpha value is -1.73. The number of aromatic nitrogens is 2. The smallest absolute Gasteiger partial charge is 0.140 e. The molecule has 2 aromatic carbocycles. The monoisotopic (exact) mass is 528 g/mol. The summed E-state index contributed by atoms with van der Waals surface area (Å²) < 4.78 is 4.48. The average molecular weight is 530 g/mol. The maximum Gasteiger partial charge on any atom is 0.140 e. The molecule has 6 heteroatoms. The van der Waals surface area contributed by atoms with Gasteiger partial charge in [0.05, 0.1) is 18.6 Å². The van der Waals surface area contributed by atoms with Gasteiger partial charge in [-0.1, -0.05) is 42.5 Å². The highest BCUT2D eigenvalue weighted by Gasteiger charge is 2.19. The molecule has 3 heterocycles. The quantitative estimate of drug-likeness (QED) is 0.230. The maximum absolute atomic E-state index is 5.11. The first-order valence-electron chi connectivity index (χ1n) is 8.68. The van der Waals surface area contributed by atoms with Gasteiger partial charge in [-0.15, -0.1) is 22.7 Å². The minimum absolute atomic E-state index is 0.982. The summed E-state index contributed by atoms with van der Waals surface area (Å²) in [6, 6.07) is 23.3. The average Bonchev–Trinajstić information content (AvgIpc) is 3.41. The molecule has 0 bridgehead atoms. The number of fused-ring (bicyclic) bond motifs is 1. The molecule has 0 amide bonds. The van der Waals surface area contributed by atoms with Gasteiger partial charge in [-0.25, -0.2) is 4.98 Å². The Morgan fingerprint density at radius 1 is 0.750 bits per heavy atom. The molecule has 0 N–H and O–H groups in total. The van der Waals surface area contributed by atoms with Crippen molar-refractivity contribution >= 4 is 65.6 Å². The fraction of sp³-hybridized carbons (Fsp3) is 0.0455. The normalized spacial score (nSPS) is 11.4. The first kappa shape index (κ1) is 18.3. The minimum Gasteiger partial charge on any atom is -0.327 e. The van der Waals surface area contributed by atoms with Crippen molar-refractivity contribution < 1.29 is 0 Å². The highest BCUT2D eigenvalue weighted by molar-refractivity contribution is 9.11. The molecule has 0 spiro atoms. The lowest BCUT2D eigenvalue weighted by molar-refractivity contribution is 0.960. The van der Waals surface area contributed by atoms with E-state index in [-0.39, 0.29) is 0 Å². The summed E-state index contributed by atoms with van der Waals surface area (Å²) in [6.45, 7) is 0. The van der Waals surface area contributed by atoms with E-state index in [1.54, 1.807) is 22.7 Å². The zero-order valence-corrected chi connectivity index (χ0v) is 19.6. The van der Waals surface area contributed by atoms with Gasteiger partial charge in [0, 0.05) is 33.5 Å². The minimum atomic E-state index is 0.982.